The number of ether oxygens (including phenoxy) is 1. The van der Waals surface area contributed by atoms with Crippen LogP contribution < -0.4 is 0 Å². The number of fused-ring (bicyclic) bond motifs is 3. The Balaban J connectivity index is 2.11. The van der Waals surface area contributed by atoms with E-state index in [-0.39, 0.29) is 12.4 Å². The number of benzene rings is 2. The van der Waals surface area contributed by atoms with Crippen LogP contribution in [-0.2, 0) is 11.3 Å². The first-order chi connectivity index (χ1) is 13.9. The smallest absolute Gasteiger partial charge is 0.340 e. The molecular formula is C23H23N3O3. The van der Waals surface area contributed by atoms with E-state index in [1.54, 1.807) is 13.0 Å². The fourth-order valence-corrected chi connectivity index (χ4v) is 3.73. The maximum Gasteiger partial charge on any atom is 0.340 e. The molecule has 148 valence electrons. The summed E-state index contributed by atoms with van der Waals surface area (Å²) in [7, 11) is 0. The Hall–Kier alpha value is -3.41. The molecule has 0 aliphatic carbocycles. The summed E-state index contributed by atoms with van der Waals surface area (Å²) < 4.78 is 7.36. The molecule has 0 fully saturated rings. The Kier molecular flexibility index (Phi) is 4.70. The standard InChI is InChI=1S/C23H23N3O3/c1-5-29-23(28)19-15(4)26(12-16-9-7-6-8-10-16)22-17(19)11-18(27)20-21(22)25-14(3)13(2)24-20/h6-11,27H,5,12H2,1-4H3. The highest BCUT2D eigenvalue weighted by Gasteiger charge is 2.25. The lowest BCUT2D eigenvalue weighted by molar-refractivity contribution is 0.0527. The van der Waals surface area contributed by atoms with Gasteiger partial charge >= 0.3 is 5.97 Å². The summed E-state index contributed by atoms with van der Waals surface area (Å²) in [6.45, 7) is 8.27. The summed E-state index contributed by atoms with van der Waals surface area (Å²) in [4.78, 5) is 22.0. The molecule has 1 N–H and O–H groups in total. The van der Waals surface area contributed by atoms with Crippen LogP contribution in [0.1, 0.15) is 39.9 Å². The second-order valence-corrected chi connectivity index (χ2v) is 7.14. The molecule has 0 bridgehead atoms. The van der Waals surface area contributed by atoms with Crippen LogP contribution in [0.3, 0.4) is 0 Å². The van der Waals surface area contributed by atoms with Crippen molar-refractivity contribution in [2.24, 2.45) is 0 Å². The first kappa shape index (κ1) is 18.9. The highest BCUT2D eigenvalue weighted by atomic mass is 16.5. The number of phenolic OH excluding ortho intramolecular Hbond substituents is 1. The van der Waals surface area contributed by atoms with Crippen LogP contribution in [0.25, 0.3) is 21.9 Å². The molecule has 2 aromatic carbocycles. The number of aromatic nitrogens is 3. The van der Waals surface area contributed by atoms with Gasteiger partial charge in [-0.15, -0.1) is 0 Å². The van der Waals surface area contributed by atoms with Gasteiger partial charge in [-0.3, -0.25) is 0 Å². The van der Waals surface area contributed by atoms with Gasteiger partial charge in [-0.1, -0.05) is 30.3 Å². The van der Waals surface area contributed by atoms with Crippen molar-refractivity contribution in [3.63, 3.8) is 0 Å². The third kappa shape index (κ3) is 3.10. The van der Waals surface area contributed by atoms with Gasteiger partial charge in [0.2, 0.25) is 0 Å². The van der Waals surface area contributed by atoms with E-state index in [0.717, 1.165) is 28.2 Å². The van der Waals surface area contributed by atoms with E-state index in [1.165, 1.54) is 0 Å². The first-order valence-corrected chi connectivity index (χ1v) is 9.63. The highest BCUT2D eigenvalue weighted by molar-refractivity contribution is 6.14. The van der Waals surface area contributed by atoms with Crippen molar-refractivity contribution >= 4 is 27.9 Å². The van der Waals surface area contributed by atoms with E-state index < -0.39 is 5.97 Å². The first-order valence-electron chi connectivity index (χ1n) is 9.63. The van der Waals surface area contributed by atoms with Gasteiger partial charge in [0.25, 0.3) is 0 Å². The SMILES string of the molecule is CCOC(=O)c1c(C)n(Cc2ccccc2)c2c1cc(O)c1nc(C)c(C)nc12. The van der Waals surface area contributed by atoms with Gasteiger partial charge in [-0.05, 0) is 39.3 Å². The summed E-state index contributed by atoms with van der Waals surface area (Å²) in [6, 6.07) is 11.6. The summed E-state index contributed by atoms with van der Waals surface area (Å²) in [6.07, 6.45) is 0. The van der Waals surface area contributed by atoms with Gasteiger partial charge in [0.05, 0.1) is 29.1 Å². The molecule has 0 radical (unpaired) electrons. The number of carbonyl (C=O) groups is 1. The van der Waals surface area contributed by atoms with Crippen molar-refractivity contribution in [3.05, 3.63) is 64.6 Å². The molecule has 0 saturated heterocycles. The molecule has 0 spiro atoms. The predicted molar refractivity (Wildman–Crippen MR) is 112 cm³/mol. The predicted octanol–water partition coefficient (Wildman–Crippen LogP) is 4.44. The summed E-state index contributed by atoms with van der Waals surface area (Å²) in [5.41, 5.74) is 5.66. The number of nitrogens with zero attached hydrogens (tertiary/aromatic N) is 3. The van der Waals surface area contributed by atoms with Gasteiger partial charge in [0.1, 0.15) is 16.8 Å². The largest absolute Gasteiger partial charge is 0.506 e. The monoisotopic (exact) mass is 389 g/mol. The van der Waals surface area contributed by atoms with Crippen LogP contribution in [0.4, 0.5) is 0 Å². The Labute approximate surface area is 168 Å². The van der Waals surface area contributed by atoms with Crippen molar-refractivity contribution in [1.29, 1.82) is 0 Å². The minimum Gasteiger partial charge on any atom is -0.506 e. The number of hydrogen-bond donors (Lipinski definition) is 1. The molecule has 0 atom stereocenters. The molecule has 4 aromatic rings. The fourth-order valence-electron chi connectivity index (χ4n) is 3.73. The minimum atomic E-state index is -0.405. The van der Waals surface area contributed by atoms with Gasteiger partial charge in [-0.2, -0.15) is 0 Å². The second-order valence-electron chi connectivity index (χ2n) is 7.14. The topological polar surface area (TPSA) is 77.2 Å². The Bertz CT molecular complexity index is 1240. The molecule has 0 saturated carbocycles. The summed E-state index contributed by atoms with van der Waals surface area (Å²) in [5.74, 6) is -0.400. The second kappa shape index (κ2) is 7.20. The van der Waals surface area contributed by atoms with Crippen molar-refractivity contribution in [2.45, 2.75) is 34.2 Å². The molecule has 2 aromatic heterocycles. The lowest BCUT2D eigenvalue weighted by atomic mass is 10.1. The van der Waals surface area contributed by atoms with Crippen molar-refractivity contribution in [3.8, 4) is 5.75 Å². The van der Waals surface area contributed by atoms with Crippen molar-refractivity contribution in [1.82, 2.24) is 14.5 Å². The number of hydrogen-bond acceptors (Lipinski definition) is 5. The number of aromatic hydroxyl groups is 1. The fraction of sp³-hybridized carbons (Fsp3) is 0.261. The number of rotatable bonds is 4. The lowest BCUT2D eigenvalue weighted by Crippen LogP contribution is -2.08. The summed E-state index contributed by atoms with van der Waals surface area (Å²) in [5, 5.41) is 11.3. The quantitative estimate of drug-likeness (QED) is 0.522. The van der Waals surface area contributed by atoms with E-state index in [2.05, 4.69) is 9.55 Å². The molecule has 29 heavy (non-hydrogen) atoms. The molecule has 2 heterocycles. The average molecular weight is 389 g/mol. The van der Waals surface area contributed by atoms with Crippen LogP contribution in [0.15, 0.2) is 36.4 Å². The Morgan fingerprint density at radius 3 is 2.38 bits per heavy atom. The van der Waals surface area contributed by atoms with Crippen LogP contribution in [-0.4, -0.2) is 32.2 Å². The van der Waals surface area contributed by atoms with E-state index in [1.807, 2.05) is 51.1 Å². The van der Waals surface area contributed by atoms with Gasteiger partial charge in [0, 0.05) is 17.6 Å². The van der Waals surface area contributed by atoms with Crippen LogP contribution >= 0.6 is 0 Å². The number of esters is 1. The van der Waals surface area contributed by atoms with Gasteiger partial charge < -0.3 is 14.4 Å². The van der Waals surface area contributed by atoms with E-state index in [9.17, 15) is 9.90 Å². The van der Waals surface area contributed by atoms with E-state index in [4.69, 9.17) is 9.72 Å². The Morgan fingerprint density at radius 1 is 1.07 bits per heavy atom. The Morgan fingerprint density at radius 2 is 1.72 bits per heavy atom. The van der Waals surface area contributed by atoms with Crippen molar-refractivity contribution < 1.29 is 14.6 Å². The molecule has 4 rings (SSSR count). The zero-order valence-electron chi connectivity index (χ0n) is 17.0. The molecule has 6 nitrogen and oxygen atoms in total. The maximum absolute atomic E-state index is 12.8. The van der Waals surface area contributed by atoms with Crippen LogP contribution in [0.5, 0.6) is 5.75 Å². The third-order valence-electron chi connectivity index (χ3n) is 5.28. The van der Waals surface area contributed by atoms with E-state index in [0.29, 0.717) is 28.5 Å². The summed E-state index contributed by atoms with van der Waals surface area (Å²) >= 11 is 0. The average Bonchev–Trinajstić information content (AvgIpc) is 2.96. The molecule has 0 amide bonds. The van der Waals surface area contributed by atoms with Crippen molar-refractivity contribution in [2.75, 3.05) is 6.61 Å². The molecule has 0 aliphatic rings. The number of phenols is 1. The zero-order chi connectivity index (χ0) is 20.7. The maximum atomic E-state index is 12.8. The van der Waals surface area contributed by atoms with Gasteiger partial charge in [0.15, 0.2) is 0 Å². The van der Waals surface area contributed by atoms with Crippen LogP contribution in [0.2, 0.25) is 0 Å². The third-order valence-corrected chi connectivity index (χ3v) is 5.28. The molecule has 0 unspecified atom stereocenters. The number of carbonyl (C=O) groups excluding carboxylic acids is 1. The molecular weight excluding hydrogens is 366 g/mol. The lowest BCUT2D eigenvalue weighted by Gasteiger charge is -2.11. The molecule has 6 heteroatoms. The zero-order valence-corrected chi connectivity index (χ0v) is 17.0. The van der Waals surface area contributed by atoms with Crippen LogP contribution in [0, 0.1) is 20.8 Å². The minimum absolute atomic E-state index is 0.00510. The highest BCUT2D eigenvalue weighted by Crippen LogP contribution is 2.36. The van der Waals surface area contributed by atoms with Gasteiger partial charge in [-0.25, -0.2) is 14.8 Å². The normalized spacial score (nSPS) is 11.3. The number of aryl methyl sites for hydroxylation is 2. The molecule has 0 aliphatic heterocycles. The van der Waals surface area contributed by atoms with E-state index >= 15 is 0 Å².